The first-order valence-electron chi connectivity index (χ1n) is 12.5. The molecule has 4 rings (SSSR count). The normalized spacial score (nSPS) is 26.9. The Balaban J connectivity index is 1.44. The molecule has 1 heteroatoms. The topological polar surface area (TPSA) is 0 Å². The maximum absolute atomic E-state index is 14.9. The summed E-state index contributed by atoms with van der Waals surface area (Å²) in [5.74, 6) is 3.41. The highest BCUT2D eigenvalue weighted by Gasteiger charge is 2.35. The minimum atomic E-state index is -0.0463. The maximum Gasteiger partial charge on any atom is 0.131 e. The van der Waals surface area contributed by atoms with E-state index >= 15 is 0 Å². The molecular weight excluding hydrogens is 367 g/mol. The zero-order valence-corrected chi connectivity index (χ0v) is 19.0. The van der Waals surface area contributed by atoms with Crippen molar-refractivity contribution in [3.8, 4) is 0 Å². The van der Waals surface area contributed by atoms with Crippen LogP contribution in [0.5, 0.6) is 0 Å². The molecule has 0 radical (unpaired) electrons. The largest absolute Gasteiger partial charge is 0.206 e. The number of hydrogen-bond donors (Lipinski definition) is 0. The van der Waals surface area contributed by atoms with Crippen molar-refractivity contribution in [1.82, 2.24) is 0 Å². The predicted octanol–water partition coefficient (Wildman–Crippen LogP) is 8.98. The average molecular weight is 407 g/mol. The van der Waals surface area contributed by atoms with Crippen molar-refractivity contribution in [3.63, 3.8) is 0 Å². The number of halogens is 1. The fourth-order valence-electron chi connectivity index (χ4n) is 6.25. The smallest absolute Gasteiger partial charge is 0.131 e. The quantitative estimate of drug-likeness (QED) is 0.402. The Morgan fingerprint density at radius 1 is 1.00 bits per heavy atom. The van der Waals surface area contributed by atoms with Gasteiger partial charge in [0.1, 0.15) is 5.82 Å². The van der Waals surface area contributed by atoms with E-state index in [0.29, 0.717) is 5.92 Å². The minimum absolute atomic E-state index is 0.0463. The van der Waals surface area contributed by atoms with Gasteiger partial charge in [-0.2, -0.15) is 0 Å². The highest BCUT2D eigenvalue weighted by atomic mass is 19.1. The summed E-state index contributed by atoms with van der Waals surface area (Å²) in [5, 5.41) is 1.87. The van der Waals surface area contributed by atoms with E-state index in [4.69, 9.17) is 0 Å². The van der Waals surface area contributed by atoms with Gasteiger partial charge in [-0.05, 0) is 104 Å². The van der Waals surface area contributed by atoms with Crippen LogP contribution in [0.2, 0.25) is 0 Å². The molecule has 4 atom stereocenters. The summed E-state index contributed by atoms with van der Waals surface area (Å²) in [4.78, 5) is 0. The van der Waals surface area contributed by atoms with E-state index in [9.17, 15) is 4.39 Å². The van der Waals surface area contributed by atoms with E-state index in [-0.39, 0.29) is 5.82 Å². The standard InChI is InChI=1S/C29H39F/c1-3-5-7-9-22-17-27-15-14-26(20-28(27)29(30)18-22)25-13-12-23-16-21(8-6-4-2)10-11-24(23)19-25/h3,5,14-15,17-18,20-21,23-25H,4,6-13,16,19H2,1-2H3/b5-3+/t21?,23-,24?,25-/m1/s1. The van der Waals surface area contributed by atoms with Crippen molar-refractivity contribution in [2.45, 2.75) is 90.4 Å². The number of hydrogen-bond acceptors (Lipinski definition) is 0. The Morgan fingerprint density at radius 2 is 1.83 bits per heavy atom. The van der Waals surface area contributed by atoms with Crippen LogP contribution in [0.4, 0.5) is 4.39 Å². The molecule has 0 aliphatic heterocycles. The molecule has 2 saturated carbocycles. The second-order valence-electron chi connectivity index (χ2n) is 10.0. The van der Waals surface area contributed by atoms with Gasteiger partial charge in [0, 0.05) is 5.39 Å². The lowest BCUT2D eigenvalue weighted by Gasteiger charge is -2.42. The molecule has 2 aromatic carbocycles. The second-order valence-corrected chi connectivity index (χ2v) is 10.0. The van der Waals surface area contributed by atoms with Gasteiger partial charge in [0.2, 0.25) is 0 Å². The molecule has 0 bridgehead atoms. The van der Waals surface area contributed by atoms with Crippen LogP contribution < -0.4 is 0 Å². The number of benzene rings is 2. The van der Waals surface area contributed by atoms with E-state index in [0.717, 1.165) is 46.9 Å². The molecule has 2 fully saturated rings. The van der Waals surface area contributed by atoms with Crippen molar-refractivity contribution >= 4 is 10.8 Å². The van der Waals surface area contributed by atoms with Crippen molar-refractivity contribution in [2.75, 3.05) is 0 Å². The molecular formula is C29H39F. The first kappa shape index (κ1) is 21.6. The number of fused-ring (bicyclic) bond motifs is 2. The summed E-state index contributed by atoms with van der Waals surface area (Å²) in [6, 6.07) is 10.6. The number of unbranched alkanes of at least 4 members (excludes halogenated alkanes) is 1. The summed E-state index contributed by atoms with van der Waals surface area (Å²) < 4.78 is 14.9. The third-order valence-electron chi connectivity index (χ3n) is 7.98. The zero-order valence-electron chi connectivity index (χ0n) is 19.0. The van der Waals surface area contributed by atoms with E-state index in [1.165, 1.54) is 63.4 Å². The van der Waals surface area contributed by atoms with Crippen LogP contribution >= 0.6 is 0 Å². The fraction of sp³-hybridized carbons (Fsp3) is 0.586. The molecule has 0 saturated heterocycles. The zero-order chi connectivity index (χ0) is 20.9. The lowest BCUT2D eigenvalue weighted by atomic mass is 9.63. The van der Waals surface area contributed by atoms with Crippen molar-refractivity contribution in [1.29, 1.82) is 0 Å². The molecule has 0 N–H and O–H groups in total. The number of allylic oxidation sites excluding steroid dienone is 2. The molecule has 2 aliphatic carbocycles. The van der Waals surface area contributed by atoms with Crippen LogP contribution in [0.1, 0.15) is 95.1 Å². The molecule has 0 nitrogen and oxygen atoms in total. The number of rotatable bonds is 7. The van der Waals surface area contributed by atoms with Crippen LogP contribution in [0.15, 0.2) is 42.5 Å². The maximum atomic E-state index is 14.9. The van der Waals surface area contributed by atoms with Gasteiger partial charge >= 0.3 is 0 Å². The van der Waals surface area contributed by atoms with Gasteiger partial charge in [-0.3, -0.25) is 0 Å². The van der Waals surface area contributed by atoms with E-state index < -0.39 is 0 Å². The van der Waals surface area contributed by atoms with E-state index in [1.54, 1.807) is 6.07 Å². The average Bonchev–Trinajstić information content (AvgIpc) is 2.77. The van der Waals surface area contributed by atoms with Gasteiger partial charge in [0.05, 0.1) is 0 Å². The Labute approximate surface area is 183 Å². The molecule has 30 heavy (non-hydrogen) atoms. The van der Waals surface area contributed by atoms with E-state index in [1.807, 2.05) is 6.92 Å². The van der Waals surface area contributed by atoms with Gasteiger partial charge in [-0.1, -0.05) is 63.0 Å². The summed E-state index contributed by atoms with van der Waals surface area (Å²) in [6.45, 7) is 4.35. The summed E-state index contributed by atoms with van der Waals surface area (Å²) in [5.41, 5.74) is 2.47. The molecule has 2 aliphatic rings. The van der Waals surface area contributed by atoms with Gasteiger partial charge in [0.25, 0.3) is 0 Å². The van der Waals surface area contributed by atoms with Crippen LogP contribution in [0.3, 0.4) is 0 Å². The molecule has 0 heterocycles. The predicted molar refractivity (Wildman–Crippen MR) is 127 cm³/mol. The summed E-state index contributed by atoms with van der Waals surface area (Å²) in [7, 11) is 0. The van der Waals surface area contributed by atoms with Crippen LogP contribution in [-0.4, -0.2) is 0 Å². The highest BCUT2D eigenvalue weighted by Crippen LogP contribution is 2.48. The lowest BCUT2D eigenvalue weighted by molar-refractivity contribution is 0.113. The third-order valence-corrected chi connectivity index (χ3v) is 7.98. The number of aryl methyl sites for hydroxylation is 1. The Hall–Kier alpha value is -1.63. The molecule has 2 aromatic rings. The SMILES string of the molecule is C/C=C/CCc1cc(F)c2cc([C@@H]3CC[C@@H]4CC(CCCC)CCC4C3)ccc2c1. The minimum Gasteiger partial charge on any atom is -0.206 e. The van der Waals surface area contributed by atoms with Gasteiger partial charge < -0.3 is 0 Å². The Kier molecular flexibility index (Phi) is 7.28. The fourth-order valence-corrected chi connectivity index (χ4v) is 6.25. The van der Waals surface area contributed by atoms with Gasteiger partial charge in [-0.15, -0.1) is 0 Å². The summed E-state index contributed by atoms with van der Waals surface area (Å²) in [6.07, 6.45) is 18.6. The van der Waals surface area contributed by atoms with Crippen molar-refractivity contribution < 1.29 is 4.39 Å². The molecule has 162 valence electrons. The van der Waals surface area contributed by atoms with Crippen molar-refractivity contribution in [2.24, 2.45) is 17.8 Å². The Morgan fingerprint density at radius 3 is 2.67 bits per heavy atom. The van der Waals surface area contributed by atoms with Gasteiger partial charge in [0.15, 0.2) is 0 Å². The first-order valence-corrected chi connectivity index (χ1v) is 12.5. The molecule has 0 amide bonds. The second kappa shape index (κ2) is 10.1. The monoisotopic (exact) mass is 406 g/mol. The van der Waals surface area contributed by atoms with Crippen LogP contribution in [0, 0.1) is 23.6 Å². The van der Waals surface area contributed by atoms with E-state index in [2.05, 4.69) is 43.3 Å². The van der Waals surface area contributed by atoms with Crippen LogP contribution in [0.25, 0.3) is 10.8 Å². The molecule has 0 spiro atoms. The molecule has 0 aromatic heterocycles. The third kappa shape index (κ3) is 4.98. The Bertz CT molecular complexity index is 864. The van der Waals surface area contributed by atoms with Gasteiger partial charge in [-0.25, -0.2) is 4.39 Å². The summed E-state index contributed by atoms with van der Waals surface area (Å²) >= 11 is 0. The van der Waals surface area contributed by atoms with Crippen LogP contribution in [-0.2, 0) is 6.42 Å². The highest BCUT2D eigenvalue weighted by molar-refractivity contribution is 5.84. The lowest BCUT2D eigenvalue weighted by Crippen LogP contribution is -2.30. The van der Waals surface area contributed by atoms with Crippen molar-refractivity contribution in [3.05, 3.63) is 59.4 Å². The first-order chi connectivity index (χ1) is 14.7. The molecule has 2 unspecified atom stereocenters.